The number of fused-ring (bicyclic) bond motifs is 1. The molecule has 1 amide bonds. The second-order valence-corrected chi connectivity index (χ2v) is 9.09. The number of carbonyl (C=O) groups excluding carboxylic acids is 2. The van der Waals surface area contributed by atoms with Crippen LogP contribution in [-0.2, 0) is 4.74 Å². The van der Waals surface area contributed by atoms with Gasteiger partial charge >= 0.3 is 5.97 Å². The molecule has 0 saturated carbocycles. The first-order valence-electron chi connectivity index (χ1n) is 13.3. The summed E-state index contributed by atoms with van der Waals surface area (Å²) in [6, 6.07) is 12.9. The molecule has 2 aromatic carbocycles. The van der Waals surface area contributed by atoms with Crippen LogP contribution in [0.3, 0.4) is 0 Å². The van der Waals surface area contributed by atoms with Crippen LogP contribution >= 0.6 is 0 Å². The Balaban J connectivity index is 1.60. The highest BCUT2D eigenvalue weighted by molar-refractivity contribution is 6.08. The van der Waals surface area contributed by atoms with Gasteiger partial charge in [-0.1, -0.05) is 64.9 Å². The van der Waals surface area contributed by atoms with E-state index in [1.165, 1.54) is 32.1 Å². The maximum Gasteiger partial charge on any atom is 0.374 e. The maximum atomic E-state index is 12.9. The molecule has 0 saturated heterocycles. The summed E-state index contributed by atoms with van der Waals surface area (Å²) >= 11 is 0. The second-order valence-electron chi connectivity index (χ2n) is 9.09. The molecule has 7 nitrogen and oxygen atoms in total. The van der Waals surface area contributed by atoms with E-state index in [9.17, 15) is 14.4 Å². The third-order valence-corrected chi connectivity index (χ3v) is 6.07. The number of amides is 1. The number of nitrogens with one attached hydrogen (secondary N) is 1. The van der Waals surface area contributed by atoms with Crippen LogP contribution in [0.1, 0.15) is 92.5 Å². The molecule has 1 heterocycles. The van der Waals surface area contributed by atoms with Crippen LogP contribution in [0.25, 0.3) is 11.0 Å². The number of hydrogen-bond donors (Lipinski definition) is 1. The van der Waals surface area contributed by atoms with Crippen molar-refractivity contribution < 1.29 is 23.5 Å². The van der Waals surface area contributed by atoms with E-state index in [0.717, 1.165) is 25.3 Å². The maximum absolute atomic E-state index is 12.9. The fraction of sp³-hybridized carbons (Fsp3) is 0.433. The predicted molar refractivity (Wildman–Crippen MR) is 146 cm³/mol. The average Bonchev–Trinajstić information content (AvgIpc) is 2.91. The highest BCUT2D eigenvalue weighted by atomic mass is 16.5. The first-order chi connectivity index (χ1) is 18.0. The Hall–Kier alpha value is -3.61. The zero-order valence-electron chi connectivity index (χ0n) is 21.8. The van der Waals surface area contributed by atoms with E-state index in [4.69, 9.17) is 13.9 Å². The lowest BCUT2D eigenvalue weighted by Crippen LogP contribution is -2.14. The summed E-state index contributed by atoms with van der Waals surface area (Å²) in [6.45, 7) is 5.10. The van der Waals surface area contributed by atoms with Gasteiger partial charge in [-0.05, 0) is 49.2 Å². The third-order valence-electron chi connectivity index (χ3n) is 6.07. The first kappa shape index (κ1) is 28.0. The molecule has 0 unspecified atom stereocenters. The summed E-state index contributed by atoms with van der Waals surface area (Å²) in [4.78, 5) is 37.8. The average molecular weight is 508 g/mol. The summed E-state index contributed by atoms with van der Waals surface area (Å²) in [5.74, 6) is -0.562. The molecule has 198 valence electrons. The molecule has 3 aromatic rings. The van der Waals surface area contributed by atoms with E-state index in [-0.39, 0.29) is 34.7 Å². The van der Waals surface area contributed by atoms with Gasteiger partial charge in [0, 0.05) is 11.6 Å². The molecule has 0 atom stereocenters. The SMILES string of the molecule is CCCCCCCCCOc1ccc(C(=O)Nc2cccc3c(=O)cc(C(=O)OCCCC)oc23)cc1. The van der Waals surface area contributed by atoms with Gasteiger partial charge in [0.1, 0.15) is 5.75 Å². The Morgan fingerprint density at radius 3 is 2.27 bits per heavy atom. The van der Waals surface area contributed by atoms with Gasteiger partial charge in [0.15, 0.2) is 11.0 Å². The van der Waals surface area contributed by atoms with Crippen molar-refractivity contribution in [3.63, 3.8) is 0 Å². The van der Waals surface area contributed by atoms with Gasteiger partial charge in [-0.3, -0.25) is 9.59 Å². The van der Waals surface area contributed by atoms with Crippen LogP contribution in [0.15, 0.2) is 57.7 Å². The molecule has 0 aliphatic heterocycles. The van der Waals surface area contributed by atoms with Crippen molar-refractivity contribution in [3.8, 4) is 5.75 Å². The van der Waals surface area contributed by atoms with E-state index in [1.807, 2.05) is 6.92 Å². The summed E-state index contributed by atoms with van der Waals surface area (Å²) < 4.78 is 16.7. The molecular weight excluding hydrogens is 470 g/mol. The minimum atomic E-state index is -0.708. The Kier molecular flexibility index (Phi) is 11.2. The van der Waals surface area contributed by atoms with Crippen molar-refractivity contribution in [3.05, 3.63) is 70.1 Å². The van der Waals surface area contributed by atoms with Gasteiger partial charge in [-0.25, -0.2) is 4.79 Å². The van der Waals surface area contributed by atoms with E-state index >= 15 is 0 Å². The number of carbonyl (C=O) groups is 2. The first-order valence-corrected chi connectivity index (χ1v) is 13.3. The molecule has 0 bridgehead atoms. The van der Waals surface area contributed by atoms with E-state index < -0.39 is 5.97 Å². The summed E-state index contributed by atoms with van der Waals surface area (Å²) in [7, 11) is 0. The number of para-hydroxylation sites is 1. The lowest BCUT2D eigenvalue weighted by molar-refractivity contribution is 0.0464. The van der Waals surface area contributed by atoms with Crippen molar-refractivity contribution in [2.24, 2.45) is 0 Å². The number of unbranched alkanes of at least 4 members (excludes halogenated alkanes) is 7. The molecule has 1 aromatic heterocycles. The van der Waals surface area contributed by atoms with Gasteiger partial charge in [0.25, 0.3) is 5.91 Å². The standard InChI is InChI=1S/C30H37NO6/c1-3-5-7-8-9-10-11-20-35-23-17-15-22(16-18-23)29(33)31-25-14-12-13-24-26(32)21-27(37-28(24)25)30(34)36-19-6-4-2/h12-18,21H,3-11,19-20H2,1-2H3,(H,31,33). The van der Waals surface area contributed by atoms with Gasteiger partial charge in [-0.15, -0.1) is 0 Å². The highest BCUT2D eigenvalue weighted by Crippen LogP contribution is 2.24. The van der Waals surface area contributed by atoms with Crippen LogP contribution in [0.5, 0.6) is 5.75 Å². The zero-order valence-corrected chi connectivity index (χ0v) is 21.8. The number of esters is 1. The number of benzene rings is 2. The Labute approximate surface area is 218 Å². The van der Waals surface area contributed by atoms with Crippen molar-refractivity contribution >= 4 is 28.5 Å². The van der Waals surface area contributed by atoms with Crippen LogP contribution in [-0.4, -0.2) is 25.1 Å². The minimum Gasteiger partial charge on any atom is -0.494 e. The molecule has 1 N–H and O–H groups in total. The van der Waals surface area contributed by atoms with Crippen molar-refractivity contribution in [1.29, 1.82) is 0 Å². The smallest absolute Gasteiger partial charge is 0.374 e. The number of anilines is 1. The quantitative estimate of drug-likeness (QED) is 0.174. The normalized spacial score (nSPS) is 10.9. The molecule has 0 fully saturated rings. The predicted octanol–water partition coefficient (Wildman–Crippen LogP) is 7.13. The molecular formula is C30H37NO6. The summed E-state index contributed by atoms with van der Waals surface area (Å²) in [5, 5.41) is 3.04. The fourth-order valence-corrected chi connectivity index (χ4v) is 3.90. The minimum absolute atomic E-state index is 0.125. The summed E-state index contributed by atoms with van der Waals surface area (Å²) in [5.41, 5.74) is 0.461. The molecule has 3 rings (SSSR count). The van der Waals surface area contributed by atoms with Crippen LogP contribution in [0.4, 0.5) is 5.69 Å². The van der Waals surface area contributed by atoms with Gasteiger partial charge in [0.05, 0.1) is 24.3 Å². The number of rotatable bonds is 15. The molecule has 0 aliphatic carbocycles. The Morgan fingerprint density at radius 1 is 0.838 bits per heavy atom. The largest absolute Gasteiger partial charge is 0.494 e. The number of ether oxygens (including phenoxy) is 2. The van der Waals surface area contributed by atoms with Crippen molar-refractivity contribution in [2.45, 2.75) is 71.6 Å². The van der Waals surface area contributed by atoms with E-state index in [2.05, 4.69) is 12.2 Å². The monoisotopic (exact) mass is 507 g/mol. The lowest BCUT2D eigenvalue weighted by Gasteiger charge is -2.10. The molecule has 7 heteroatoms. The summed E-state index contributed by atoms with van der Waals surface area (Å²) in [6.07, 6.45) is 10.1. The lowest BCUT2D eigenvalue weighted by atomic mass is 10.1. The van der Waals surface area contributed by atoms with Crippen molar-refractivity contribution in [1.82, 2.24) is 0 Å². The van der Waals surface area contributed by atoms with Crippen LogP contribution in [0.2, 0.25) is 0 Å². The Morgan fingerprint density at radius 2 is 1.54 bits per heavy atom. The Bertz CT molecular complexity index is 1210. The van der Waals surface area contributed by atoms with Gasteiger partial charge in [-0.2, -0.15) is 0 Å². The molecule has 0 radical (unpaired) electrons. The van der Waals surface area contributed by atoms with E-state index in [1.54, 1.807) is 42.5 Å². The highest BCUT2D eigenvalue weighted by Gasteiger charge is 2.17. The number of hydrogen-bond acceptors (Lipinski definition) is 6. The van der Waals surface area contributed by atoms with Crippen LogP contribution < -0.4 is 15.5 Å². The fourth-order valence-electron chi connectivity index (χ4n) is 3.90. The van der Waals surface area contributed by atoms with Gasteiger partial charge in [0.2, 0.25) is 5.76 Å². The van der Waals surface area contributed by atoms with Crippen LogP contribution in [0, 0.1) is 0 Å². The third kappa shape index (κ3) is 8.48. The molecule has 0 spiro atoms. The second kappa shape index (κ2) is 14.8. The van der Waals surface area contributed by atoms with E-state index in [0.29, 0.717) is 30.0 Å². The molecule has 37 heavy (non-hydrogen) atoms. The van der Waals surface area contributed by atoms with Gasteiger partial charge < -0.3 is 19.2 Å². The van der Waals surface area contributed by atoms with Crippen molar-refractivity contribution in [2.75, 3.05) is 18.5 Å². The topological polar surface area (TPSA) is 94.8 Å². The molecule has 0 aliphatic rings. The zero-order chi connectivity index (χ0) is 26.5.